The zero-order chi connectivity index (χ0) is 32.4. The Morgan fingerprint density at radius 3 is 1.89 bits per heavy atom. The number of nitrogens with one attached hydrogen (secondary N) is 1. The number of ether oxygens (including phenoxy) is 1. The van der Waals surface area contributed by atoms with Crippen LogP contribution in [0, 0.1) is 0 Å². The van der Waals surface area contributed by atoms with Crippen molar-refractivity contribution in [3.05, 3.63) is 184 Å². The Hall–Kier alpha value is -5.75. The number of amides is 1. The molecule has 0 spiro atoms. The molecule has 1 atom stereocenters. The van der Waals surface area contributed by atoms with Gasteiger partial charge in [-0.3, -0.25) is 9.48 Å². The number of aromatic nitrogens is 2. The Morgan fingerprint density at radius 1 is 0.787 bits per heavy atom. The molecular formula is C41H35N3O3. The predicted molar refractivity (Wildman–Crippen MR) is 183 cm³/mol. The minimum absolute atomic E-state index is 0.103. The lowest BCUT2D eigenvalue weighted by Crippen LogP contribution is -2.39. The van der Waals surface area contributed by atoms with Crippen molar-refractivity contribution in [3.8, 4) is 11.1 Å². The highest BCUT2D eigenvalue weighted by molar-refractivity contribution is 5.97. The number of hydrogen-bond donors (Lipinski definition) is 1. The van der Waals surface area contributed by atoms with Crippen LogP contribution in [0.2, 0.25) is 0 Å². The summed E-state index contributed by atoms with van der Waals surface area (Å²) in [6.45, 7) is 2.12. The molecule has 1 aliphatic heterocycles. The average molecular weight is 618 g/mol. The largest absolute Gasteiger partial charge is 0.465 e. The third-order valence-corrected chi connectivity index (χ3v) is 9.22. The van der Waals surface area contributed by atoms with Crippen molar-refractivity contribution in [2.45, 2.75) is 31.3 Å². The normalized spacial score (nSPS) is 14.3. The zero-order valence-corrected chi connectivity index (χ0v) is 26.4. The highest BCUT2D eigenvalue weighted by Crippen LogP contribution is 2.43. The van der Waals surface area contributed by atoms with Crippen molar-refractivity contribution in [1.29, 1.82) is 0 Å². The summed E-state index contributed by atoms with van der Waals surface area (Å²) in [5.74, 6) is -0.500. The molecule has 1 N–H and O–H groups in total. The first-order valence-electron chi connectivity index (χ1n) is 15.9. The van der Waals surface area contributed by atoms with Crippen LogP contribution in [0.1, 0.15) is 67.2 Å². The first-order valence-corrected chi connectivity index (χ1v) is 15.9. The van der Waals surface area contributed by atoms with Gasteiger partial charge in [0, 0.05) is 17.3 Å². The van der Waals surface area contributed by atoms with Crippen LogP contribution in [0.4, 0.5) is 0 Å². The van der Waals surface area contributed by atoms with Crippen LogP contribution >= 0.6 is 0 Å². The van der Waals surface area contributed by atoms with E-state index in [2.05, 4.69) is 102 Å². The van der Waals surface area contributed by atoms with Gasteiger partial charge >= 0.3 is 5.97 Å². The minimum Gasteiger partial charge on any atom is -0.465 e. The topological polar surface area (TPSA) is 73.2 Å². The van der Waals surface area contributed by atoms with Crippen molar-refractivity contribution in [2.75, 3.05) is 7.11 Å². The number of carbonyl (C=O) groups is 2. The summed E-state index contributed by atoms with van der Waals surface area (Å²) < 4.78 is 7.02. The van der Waals surface area contributed by atoms with Gasteiger partial charge in [0.05, 0.1) is 24.4 Å². The lowest BCUT2D eigenvalue weighted by molar-refractivity contribution is 0.0600. The summed E-state index contributed by atoms with van der Waals surface area (Å²) in [5.41, 5.74) is 8.22. The van der Waals surface area contributed by atoms with Gasteiger partial charge in [0.1, 0.15) is 5.54 Å². The van der Waals surface area contributed by atoms with Gasteiger partial charge in [-0.25, -0.2) is 4.79 Å². The number of esters is 1. The molecule has 232 valence electrons. The van der Waals surface area contributed by atoms with Crippen molar-refractivity contribution in [2.24, 2.45) is 0 Å². The molecule has 47 heavy (non-hydrogen) atoms. The Balaban J connectivity index is 1.50. The van der Waals surface area contributed by atoms with Crippen LogP contribution in [0.3, 0.4) is 0 Å². The van der Waals surface area contributed by atoms with Gasteiger partial charge in [-0.15, -0.1) is 0 Å². The summed E-state index contributed by atoms with van der Waals surface area (Å²) in [4.78, 5) is 25.9. The molecule has 0 fully saturated rings. The second kappa shape index (κ2) is 12.6. The van der Waals surface area contributed by atoms with Gasteiger partial charge in [0.25, 0.3) is 5.91 Å². The van der Waals surface area contributed by atoms with E-state index < -0.39 is 11.5 Å². The lowest BCUT2D eigenvalue weighted by Gasteiger charge is -2.36. The second-order valence-corrected chi connectivity index (χ2v) is 11.8. The maximum absolute atomic E-state index is 13.6. The Morgan fingerprint density at radius 2 is 1.36 bits per heavy atom. The fourth-order valence-electron chi connectivity index (χ4n) is 6.95. The van der Waals surface area contributed by atoms with E-state index in [-0.39, 0.29) is 11.9 Å². The van der Waals surface area contributed by atoms with Gasteiger partial charge in [-0.1, -0.05) is 122 Å². The predicted octanol–water partition coefficient (Wildman–Crippen LogP) is 7.77. The molecular weight excluding hydrogens is 582 g/mol. The van der Waals surface area contributed by atoms with Gasteiger partial charge < -0.3 is 10.1 Å². The van der Waals surface area contributed by atoms with E-state index in [1.807, 2.05) is 42.5 Å². The van der Waals surface area contributed by atoms with Crippen LogP contribution in [0.5, 0.6) is 0 Å². The number of fused-ring (bicyclic) bond motifs is 1. The van der Waals surface area contributed by atoms with Crippen molar-refractivity contribution >= 4 is 11.9 Å². The maximum atomic E-state index is 13.6. The van der Waals surface area contributed by atoms with Gasteiger partial charge in [-0.05, 0) is 64.4 Å². The van der Waals surface area contributed by atoms with Gasteiger partial charge in [-0.2, -0.15) is 5.10 Å². The summed E-state index contributed by atoms with van der Waals surface area (Å²) in [6, 6.07) is 44.2. The maximum Gasteiger partial charge on any atom is 0.337 e. The molecule has 6 heteroatoms. The van der Waals surface area contributed by atoms with E-state index in [0.29, 0.717) is 12.0 Å². The Labute approximate surface area is 274 Å². The SMILES string of the molecule is CCc1cccc2c1CC(c1nn(C(c3ccccc3)(c3ccccc3)c3ccccc3)cc1-c1ccc(C(=O)OC)cc1)NC2=O. The molecule has 6 nitrogen and oxygen atoms in total. The van der Waals surface area contributed by atoms with Crippen LogP contribution < -0.4 is 5.32 Å². The smallest absolute Gasteiger partial charge is 0.337 e. The first kappa shape index (κ1) is 29.9. The van der Waals surface area contributed by atoms with Crippen LogP contribution in [0.25, 0.3) is 11.1 Å². The summed E-state index contributed by atoms with van der Waals surface area (Å²) in [7, 11) is 1.38. The number of hydrogen-bond acceptors (Lipinski definition) is 4. The molecule has 6 aromatic rings. The molecule has 1 amide bonds. The third-order valence-electron chi connectivity index (χ3n) is 9.22. The van der Waals surface area contributed by atoms with E-state index in [9.17, 15) is 9.59 Å². The average Bonchev–Trinajstić information content (AvgIpc) is 3.58. The number of methoxy groups -OCH3 is 1. The molecule has 0 saturated carbocycles. The number of benzene rings is 5. The summed E-state index contributed by atoms with van der Waals surface area (Å²) in [5, 5.41) is 8.74. The standard InChI is InChI=1S/C41H35N3O3/c1-3-28-14-13-21-34-35(28)26-37(42-39(34)45)38-36(29-22-24-30(25-23-29)40(46)47-2)27-44(43-38)41(31-15-7-4-8-16-31,32-17-9-5-10-18-32)33-19-11-6-12-20-33/h4-25,27,37H,3,26H2,1-2H3,(H,42,45). The minimum atomic E-state index is -0.839. The van der Waals surface area contributed by atoms with E-state index in [0.717, 1.165) is 56.6 Å². The fourth-order valence-corrected chi connectivity index (χ4v) is 6.95. The van der Waals surface area contributed by atoms with E-state index >= 15 is 0 Å². The quantitative estimate of drug-likeness (QED) is 0.140. The number of rotatable bonds is 8. The monoisotopic (exact) mass is 617 g/mol. The molecule has 0 aliphatic carbocycles. The first-order chi connectivity index (χ1) is 23.0. The van der Waals surface area contributed by atoms with Crippen molar-refractivity contribution in [1.82, 2.24) is 15.1 Å². The number of aryl methyl sites for hydroxylation is 1. The molecule has 0 radical (unpaired) electrons. The van der Waals surface area contributed by atoms with Crippen molar-refractivity contribution in [3.63, 3.8) is 0 Å². The molecule has 5 aromatic carbocycles. The lowest BCUT2D eigenvalue weighted by atomic mass is 9.77. The zero-order valence-electron chi connectivity index (χ0n) is 26.4. The van der Waals surface area contributed by atoms with E-state index in [4.69, 9.17) is 9.84 Å². The molecule has 0 bridgehead atoms. The van der Waals surface area contributed by atoms with E-state index in [1.165, 1.54) is 7.11 Å². The second-order valence-electron chi connectivity index (χ2n) is 11.8. The van der Waals surface area contributed by atoms with Crippen molar-refractivity contribution < 1.29 is 14.3 Å². The highest BCUT2D eigenvalue weighted by atomic mass is 16.5. The van der Waals surface area contributed by atoms with Gasteiger partial charge in [0.2, 0.25) is 0 Å². The molecule has 2 heterocycles. The summed E-state index contributed by atoms with van der Waals surface area (Å²) in [6.07, 6.45) is 3.53. The Kier molecular flexibility index (Phi) is 8.00. The van der Waals surface area contributed by atoms with Crippen LogP contribution in [-0.2, 0) is 23.1 Å². The Bertz CT molecular complexity index is 1940. The highest BCUT2D eigenvalue weighted by Gasteiger charge is 2.41. The molecule has 1 aromatic heterocycles. The third kappa shape index (κ3) is 5.22. The van der Waals surface area contributed by atoms with Gasteiger partial charge in [0.15, 0.2) is 0 Å². The van der Waals surface area contributed by atoms with E-state index in [1.54, 1.807) is 12.1 Å². The molecule has 1 unspecified atom stereocenters. The molecule has 1 aliphatic rings. The number of nitrogens with zero attached hydrogens (tertiary/aromatic N) is 2. The molecule has 7 rings (SSSR count). The van der Waals surface area contributed by atoms with Crippen LogP contribution in [-0.4, -0.2) is 28.8 Å². The fraction of sp³-hybridized carbons (Fsp3) is 0.146. The summed E-state index contributed by atoms with van der Waals surface area (Å²) >= 11 is 0. The van der Waals surface area contributed by atoms with Crippen LogP contribution in [0.15, 0.2) is 140 Å². The number of carbonyl (C=O) groups excluding carboxylic acids is 2. The molecule has 0 saturated heterocycles.